The van der Waals surface area contributed by atoms with Gasteiger partial charge in [0.25, 0.3) is 0 Å². The lowest BCUT2D eigenvalue weighted by molar-refractivity contribution is 0.464. The fourth-order valence-electron chi connectivity index (χ4n) is 1.49. The van der Waals surface area contributed by atoms with E-state index in [4.69, 9.17) is 0 Å². The minimum atomic E-state index is 0.206. The van der Waals surface area contributed by atoms with Gasteiger partial charge in [0.2, 0.25) is 0 Å². The Balaban J connectivity index is 3.12. The largest absolute Gasteiger partial charge is 0.508 e. The molecule has 0 spiro atoms. The lowest BCUT2D eigenvalue weighted by atomic mass is 9.81. The van der Waals surface area contributed by atoms with Crippen molar-refractivity contribution in [3.05, 3.63) is 29.3 Å². The number of hydrogen-bond acceptors (Lipinski definition) is 1. The highest BCUT2D eigenvalue weighted by atomic mass is 16.3. The first-order valence-electron chi connectivity index (χ1n) is 5.33. The van der Waals surface area contributed by atoms with Gasteiger partial charge in [0.05, 0.1) is 0 Å². The average molecular weight is 192 g/mol. The Bertz CT molecular complexity index is 313. The summed E-state index contributed by atoms with van der Waals surface area (Å²) in [6.07, 6.45) is 2.00. The third-order valence-electron chi connectivity index (χ3n) is 3.13. The first-order valence-corrected chi connectivity index (χ1v) is 5.33. The number of aryl methyl sites for hydroxylation is 1. The molecule has 1 aromatic rings. The molecule has 0 amide bonds. The van der Waals surface area contributed by atoms with E-state index >= 15 is 0 Å². The highest BCUT2D eigenvalue weighted by Gasteiger charge is 2.18. The van der Waals surface area contributed by atoms with Crippen molar-refractivity contribution in [3.63, 3.8) is 0 Å². The molecule has 0 aliphatic heterocycles. The van der Waals surface area contributed by atoms with Gasteiger partial charge in [-0.15, -0.1) is 0 Å². The molecular weight excluding hydrogens is 172 g/mol. The molecule has 0 saturated carbocycles. The Morgan fingerprint density at radius 2 is 1.86 bits per heavy atom. The topological polar surface area (TPSA) is 20.2 Å². The van der Waals surface area contributed by atoms with Crippen molar-refractivity contribution in [1.82, 2.24) is 0 Å². The smallest absolute Gasteiger partial charge is 0.118 e. The molecule has 0 saturated heterocycles. The van der Waals surface area contributed by atoms with Crippen LogP contribution in [-0.4, -0.2) is 5.11 Å². The summed E-state index contributed by atoms with van der Waals surface area (Å²) in [7, 11) is 0. The molecule has 0 heterocycles. The summed E-state index contributed by atoms with van der Waals surface area (Å²) < 4.78 is 0. The van der Waals surface area contributed by atoms with Gasteiger partial charge in [-0.05, 0) is 35.4 Å². The van der Waals surface area contributed by atoms with E-state index in [0.717, 1.165) is 18.4 Å². The van der Waals surface area contributed by atoms with Crippen molar-refractivity contribution in [3.8, 4) is 5.75 Å². The van der Waals surface area contributed by atoms with Crippen LogP contribution >= 0.6 is 0 Å². The van der Waals surface area contributed by atoms with E-state index in [0.29, 0.717) is 5.75 Å². The second kappa shape index (κ2) is 4.04. The summed E-state index contributed by atoms with van der Waals surface area (Å²) in [5, 5.41) is 9.57. The summed E-state index contributed by atoms with van der Waals surface area (Å²) >= 11 is 0. The van der Waals surface area contributed by atoms with Crippen molar-refractivity contribution >= 4 is 0 Å². The molecule has 0 aliphatic carbocycles. The van der Waals surface area contributed by atoms with Crippen molar-refractivity contribution in [2.45, 2.75) is 46.0 Å². The number of hydrogen-bond donors (Lipinski definition) is 1. The Kier molecular flexibility index (Phi) is 3.20. The summed E-state index contributed by atoms with van der Waals surface area (Å²) in [6.45, 7) is 8.73. The maximum atomic E-state index is 9.57. The highest BCUT2D eigenvalue weighted by Crippen LogP contribution is 2.30. The Morgan fingerprint density at radius 3 is 2.36 bits per heavy atom. The highest BCUT2D eigenvalue weighted by molar-refractivity contribution is 5.38. The molecule has 14 heavy (non-hydrogen) atoms. The second-order valence-corrected chi connectivity index (χ2v) is 4.43. The van der Waals surface area contributed by atoms with Gasteiger partial charge in [-0.25, -0.2) is 0 Å². The average Bonchev–Trinajstić information content (AvgIpc) is 2.18. The molecule has 1 rings (SSSR count). The van der Waals surface area contributed by atoms with Crippen LogP contribution in [0.15, 0.2) is 18.2 Å². The van der Waals surface area contributed by atoms with Crippen LogP contribution in [0, 0.1) is 0 Å². The number of benzene rings is 1. The molecule has 1 aromatic carbocycles. The van der Waals surface area contributed by atoms with E-state index in [9.17, 15) is 5.11 Å². The fourth-order valence-corrected chi connectivity index (χ4v) is 1.49. The maximum Gasteiger partial charge on any atom is 0.118 e. The van der Waals surface area contributed by atoms with Gasteiger partial charge in [-0.1, -0.05) is 39.8 Å². The van der Waals surface area contributed by atoms with Crippen LogP contribution in [0.5, 0.6) is 5.75 Å². The normalized spacial score (nSPS) is 11.7. The minimum Gasteiger partial charge on any atom is -0.508 e. The van der Waals surface area contributed by atoms with Crippen LogP contribution in [0.4, 0.5) is 0 Å². The molecule has 0 atom stereocenters. The monoisotopic (exact) mass is 192 g/mol. The van der Waals surface area contributed by atoms with Crippen molar-refractivity contribution in [2.75, 3.05) is 0 Å². The summed E-state index contributed by atoms with van der Waals surface area (Å²) in [4.78, 5) is 0. The van der Waals surface area contributed by atoms with E-state index in [2.05, 4.69) is 33.8 Å². The van der Waals surface area contributed by atoms with Gasteiger partial charge >= 0.3 is 0 Å². The lowest BCUT2D eigenvalue weighted by Crippen LogP contribution is -2.15. The zero-order valence-corrected chi connectivity index (χ0v) is 9.59. The van der Waals surface area contributed by atoms with Crippen LogP contribution in [0.1, 0.15) is 45.2 Å². The second-order valence-electron chi connectivity index (χ2n) is 4.43. The van der Waals surface area contributed by atoms with E-state index in [1.807, 2.05) is 12.1 Å². The summed E-state index contributed by atoms with van der Waals surface area (Å²) in [5.74, 6) is 0.420. The van der Waals surface area contributed by atoms with Crippen LogP contribution < -0.4 is 0 Å². The SMILES string of the molecule is CCc1cc(C(C)(C)CC)ccc1O. The van der Waals surface area contributed by atoms with Gasteiger partial charge in [-0.3, -0.25) is 0 Å². The Morgan fingerprint density at radius 1 is 1.21 bits per heavy atom. The predicted molar refractivity (Wildman–Crippen MR) is 60.8 cm³/mol. The maximum absolute atomic E-state index is 9.57. The van der Waals surface area contributed by atoms with E-state index in [-0.39, 0.29) is 5.41 Å². The summed E-state index contributed by atoms with van der Waals surface area (Å²) in [6, 6.07) is 5.96. The standard InChI is InChI=1S/C13H20O/c1-5-10-9-11(7-8-12(10)14)13(3,4)6-2/h7-9,14H,5-6H2,1-4H3. The van der Waals surface area contributed by atoms with E-state index < -0.39 is 0 Å². The Labute approximate surface area is 86.8 Å². The minimum absolute atomic E-state index is 0.206. The first-order chi connectivity index (χ1) is 6.51. The predicted octanol–water partition coefficient (Wildman–Crippen LogP) is 3.64. The molecular formula is C13H20O. The van der Waals surface area contributed by atoms with E-state index in [1.54, 1.807) is 0 Å². The number of phenolic OH excluding ortho intramolecular Hbond substituents is 1. The molecule has 0 fully saturated rings. The van der Waals surface area contributed by atoms with Gasteiger partial charge < -0.3 is 5.11 Å². The molecule has 78 valence electrons. The third-order valence-corrected chi connectivity index (χ3v) is 3.13. The van der Waals surface area contributed by atoms with Crippen LogP contribution in [0.25, 0.3) is 0 Å². The van der Waals surface area contributed by atoms with Gasteiger partial charge in [0.1, 0.15) is 5.75 Å². The number of rotatable bonds is 3. The molecule has 1 N–H and O–H groups in total. The van der Waals surface area contributed by atoms with Crippen LogP contribution in [-0.2, 0) is 11.8 Å². The number of aromatic hydroxyl groups is 1. The van der Waals surface area contributed by atoms with Crippen molar-refractivity contribution in [1.29, 1.82) is 0 Å². The van der Waals surface area contributed by atoms with Crippen LogP contribution in [0.2, 0.25) is 0 Å². The molecule has 0 bridgehead atoms. The van der Waals surface area contributed by atoms with Crippen molar-refractivity contribution in [2.24, 2.45) is 0 Å². The lowest BCUT2D eigenvalue weighted by Gasteiger charge is -2.24. The summed E-state index contributed by atoms with van der Waals surface area (Å²) in [5.41, 5.74) is 2.57. The molecule has 0 unspecified atom stereocenters. The zero-order chi connectivity index (χ0) is 10.8. The first kappa shape index (κ1) is 11.1. The van der Waals surface area contributed by atoms with Crippen LogP contribution in [0.3, 0.4) is 0 Å². The number of phenols is 1. The van der Waals surface area contributed by atoms with Gasteiger partial charge in [0.15, 0.2) is 0 Å². The zero-order valence-electron chi connectivity index (χ0n) is 9.59. The van der Waals surface area contributed by atoms with Gasteiger partial charge in [-0.2, -0.15) is 0 Å². The molecule has 0 aliphatic rings. The van der Waals surface area contributed by atoms with E-state index in [1.165, 1.54) is 5.56 Å². The van der Waals surface area contributed by atoms with Crippen molar-refractivity contribution < 1.29 is 5.11 Å². The Hall–Kier alpha value is -0.980. The fraction of sp³-hybridized carbons (Fsp3) is 0.538. The molecule has 1 nitrogen and oxygen atoms in total. The molecule has 1 heteroatoms. The third kappa shape index (κ3) is 2.09. The quantitative estimate of drug-likeness (QED) is 0.775. The van der Waals surface area contributed by atoms with Gasteiger partial charge in [0, 0.05) is 0 Å². The molecule has 0 aromatic heterocycles. The molecule has 0 radical (unpaired) electrons.